The molecule has 0 saturated heterocycles. The third-order valence-electron chi connectivity index (χ3n) is 6.05. The second-order valence-electron chi connectivity index (χ2n) is 8.25. The first-order valence-electron chi connectivity index (χ1n) is 11.0. The summed E-state index contributed by atoms with van der Waals surface area (Å²) in [5.74, 6) is 1.31. The minimum Gasteiger partial charge on any atom is -0.493 e. The van der Waals surface area contributed by atoms with E-state index < -0.39 is 5.54 Å². The van der Waals surface area contributed by atoms with Crippen LogP contribution in [0, 0.1) is 0 Å². The number of nitrogens with one attached hydrogen (secondary N) is 2. The second kappa shape index (κ2) is 10.9. The molecule has 0 aliphatic heterocycles. The van der Waals surface area contributed by atoms with Crippen molar-refractivity contribution in [3.63, 3.8) is 0 Å². The van der Waals surface area contributed by atoms with E-state index in [-0.39, 0.29) is 11.9 Å². The normalized spacial score (nSPS) is 14.5. The number of rotatable bonds is 9. The molecular weight excluding hydrogens is 406 g/mol. The summed E-state index contributed by atoms with van der Waals surface area (Å²) in [6, 6.07) is 15.2. The van der Waals surface area contributed by atoms with Crippen molar-refractivity contribution in [1.82, 2.24) is 15.5 Å². The van der Waals surface area contributed by atoms with Crippen LogP contribution in [0.1, 0.15) is 36.8 Å². The number of ether oxygens (including phenoxy) is 2. The van der Waals surface area contributed by atoms with Crippen molar-refractivity contribution in [2.45, 2.75) is 44.2 Å². The molecule has 1 fully saturated rings. The predicted octanol–water partition coefficient (Wildman–Crippen LogP) is 3.52. The van der Waals surface area contributed by atoms with Crippen molar-refractivity contribution in [2.75, 3.05) is 27.8 Å². The number of hydrogen-bond acceptors (Lipinski definition) is 4. The van der Waals surface area contributed by atoms with Crippen LogP contribution in [0.15, 0.2) is 48.5 Å². The van der Waals surface area contributed by atoms with E-state index >= 15 is 0 Å². The fourth-order valence-electron chi connectivity index (χ4n) is 4.21. The highest BCUT2D eigenvalue weighted by Gasteiger charge is 2.43. The smallest absolute Gasteiger partial charge is 0.315 e. The third kappa shape index (κ3) is 5.72. The maximum atomic E-state index is 13.4. The molecule has 0 atom stereocenters. The first-order valence-corrected chi connectivity index (χ1v) is 11.0. The molecule has 2 aromatic carbocycles. The maximum absolute atomic E-state index is 13.4. The lowest BCUT2D eigenvalue weighted by atomic mass is 9.95. The number of hydrogen-bond donors (Lipinski definition) is 2. The predicted molar refractivity (Wildman–Crippen MR) is 124 cm³/mol. The van der Waals surface area contributed by atoms with Crippen molar-refractivity contribution in [2.24, 2.45) is 0 Å². The van der Waals surface area contributed by atoms with Crippen LogP contribution in [-0.4, -0.2) is 50.2 Å². The van der Waals surface area contributed by atoms with E-state index in [2.05, 4.69) is 10.6 Å². The Balaban J connectivity index is 1.59. The highest BCUT2D eigenvalue weighted by atomic mass is 16.5. The Kier molecular flexibility index (Phi) is 7.98. The molecule has 0 heterocycles. The number of carbonyl (C=O) groups is 2. The van der Waals surface area contributed by atoms with Crippen LogP contribution >= 0.6 is 0 Å². The van der Waals surface area contributed by atoms with E-state index in [1.54, 1.807) is 26.2 Å². The number of urea groups is 1. The molecule has 0 bridgehead atoms. The maximum Gasteiger partial charge on any atom is 0.315 e. The average molecular weight is 440 g/mol. The van der Waals surface area contributed by atoms with Crippen molar-refractivity contribution in [3.05, 3.63) is 59.7 Å². The Bertz CT molecular complexity index is 911. The van der Waals surface area contributed by atoms with Gasteiger partial charge in [0.05, 0.1) is 14.2 Å². The van der Waals surface area contributed by atoms with E-state index in [0.29, 0.717) is 43.9 Å². The Labute approximate surface area is 190 Å². The van der Waals surface area contributed by atoms with Gasteiger partial charge in [0.1, 0.15) is 5.54 Å². The average Bonchev–Trinajstić information content (AvgIpc) is 3.30. The highest BCUT2D eigenvalue weighted by molar-refractivity contribution is 5.91. The Morgan fingerprint density at radius 1 is 0.969 bits per heavy atom. The Hall–Kier alpha value is -3.22. The summed E-state index contributed by atoms with van der Waals surface area (Å²) in [6.45, 7) is 0.968. The largest absolute Gasteiger partial charge is 0.493 e. The van der Waals surface area contributed by atoms with Gasteiger partial charge in [0, 0.05) is 20.1 Å². The quantitative estimate of drug-likeness (QED) is 0.627. The zero-order chi connectivity index (χ0) is 23.0. The van der Waals surface area contributed by atoms with Crippen molar-refractivity contribution >= 4 is 11.9 Å². The van der Waals surface area contributed by atoms with E-state index in [0.717, 1.165) is 24.0 Å². The zero-order valence-corrected chi connectivity index (χ0v) is 19.1. The molecule has 0 unspecified atom stereocenters. The summed E-state index contributed by atoms with van der Waals surface area (Å²) >= 11 is 0. The summed E-state index contributed by atoms with van der Waals surface area (Å²) < 4.78 is 10.7. The van der Waals surface area contributed by atoms with Gasteiger partial charge < -0.3 is 25.0 Å². The minimum atomic E-state index is -0.840. The lowest BCUT2D eigenvalue weighted by Gasteiger charge is -2.33. The molecule has 0 spiro atoms. The number of methoxy groups -OCH3 is 2. The summed E-state index contributed by atoms with van der Waals surface area (Å²) in [5.41, 5.74) is 1.23. The van der Waals surface area contributed by atoms with E-state index in [1.807, 2.05) is 48.5 Å². The molecule has 3 rings (SSSR count). The van der Waals surface area contributed by atoms with Gasteiger partial charge in [-0.2, -0.15) is 0 Å². The van der Waals surface area contributed by atoms with Crippen molar-refractivity contribution in [1.29, 1.82) is 0 Å². The van der Waals surface area contributed by atoms with Crippen LogP contribution in [0.2, 0.25) is 0 Å². The van der Waals surface area contributed by atoms with Gasteiger partial charge in [-0.3, -0.25) is 4.79 Å². The van der Waals surface area contributed by atoms with Gasteiger partial charge in [-0.25, -0.2) is 4.79 Å². The molecular formula is C25H33N3O4. The third-order valence-corrected chi connectivity index (χ3v) is 6.05. The summed E-state index contributed by atoms with van der Waals surface area (Å²) in [7, 11) is 5.01. The number of nitrogens with zero attached hydrogens (tertiary/aromatic N) is 1. The first-order chi connectivity index (χ1) is 15.5. The SMILES string of the molecule is COc1ccc(CCN(C)C(=O)C2(NC(=O)NCc3ccccc3)CCCC2)cc1OC. The van der Waals surface area contributed by atoms with Crippen molar-refractivity contribution in [3.8, 4) is 11.5 Å². The Morgan fingerprint density at radius 3 is 2.31 bits per heavy atom. The summed E-state index contributed by atoms with van der Waals surface area (Å²) in [4.78, 5) is 27.7. The molecule has 0 radical (unpaired) electrons. The number of carbonyl (C=O) groups excluding carboxylic acids is 2. The number of likely N-dealkylation sites (N-methyl/N-ethyl adjacent to an activating group) is 1. The molecule has 1 aliphatic rings. The molecule has 172 valence electrons. The van der Waals surface area contributed by atoms with E-state index in [9.17, 15) is 9.59 Å². The molecule has 3 amide bonds. The van der Waals surface area contributed by atoms with Gasteiger partial charge in [-0.1, -0.05) is 49.2 Å². The van der Waals surface area contributed by atoms with Gasteiger partial charge >= 0.3 is 6.03 Å². The molecule has 1 saturated carbocycles. The minimum absolute atomic E-state index is 0.0367. The molecule has 2 N–H and O–H groups in total. The van der Waals surface area contributed by atoms with Crippen LogP contribution in [-0.2, 0) is 17.8 Å². The van der Waals surface area contributed by atoms with Gasteiger partial charge in [0.15, 0.2) is 11.5 Å². The monoisotopic (exact) mass is 439 g/mol. The molecule has 7 nitrogen and oxygen atoms in total. The van der Waals surface area contributed by atoms with E-state index in [4.69, 9.17) is 9.47 Å². The summed E-state index contributed by atoms with van der Waals surface area (Å²) in [5, 5.41) is 5.88. The second-order valence-corrected chi connectivity index (χ2v) is 8.25. The lowest BCUT2D eigenvalue weighted by Crippen LogP contribution is -2.59. The lowest BCUT2D eigenvalue weighted by molar-refractivity contribution is -0.136. The fourth-order valence-corrected chi connectivity index (χ4v) is 4.21. The van der Waals surface area contributed by atoms with E-state index in [1.165, 1.54) is 0 Å². The fraction of sp³-hybridized carbons (Fsp3) is 0.440. The van der Waals surface area contributed by atoms with Crippen molar-refractivity contribution < 1.29 is 19.1 Å². The highest BCUT2D eigenvalue weighted by Crippen LogP contribution is 2.32. The molecule has 32 heavy (non-hydrogen) atoms. The van der Waals surface area contributed by atoms with Crippen LogP contribution < -0.4 is 20.1 Å². The van der Waals surface area contributed by atoms with Crippen LogP contribution in [0.25, 0.3) is 0 Å². The van der Waals surface area contributed by atoms with Gasteiger partial charge in [-0.05, 0) is 42.5 Å². The first kappa shape index (κ1) is 23.4. The van der Waals surface area contributed by atoms with Gasteiger partial charge in [0.2, 0.25) is 5.91 Å². The van der Waals surface area contributed by atoms with Crippen LogP contribution in [0.3, 0.4) is 0 Å². The van der Waals surface area contributed by atoms with Gasteiger partial charge in [-0.15, -0.1) is 0 Å². The molecule has 1 aliphatic carbocycles. The topological polar surface area (TPSA) is 79.9 Å². The summed E-state index contributed by atoms with van der Waals surface area (Å²) in [6.07, 6.45) is 3.85. The Morgan fingerprint density at radius 2 is 1.66 bits per heavy atom. The molecule has 0 aromatic heterocycles. The molecule has 2 aromatic rings. The molecule has 7 heteroatoms. The van der Waals surface area contributed by atoms with Gasteiger partial charge in [0.25, 0.3) is 0 Å². The number of amides is 3. The number of benzene rings is 2. The van der Waals surface area contributed by atoms with Crippen LogP contribution in [0.4, 0.5) is 4.79 Å². The van der Waals surface area contributed by atoms with Crippen LogP contribution in [0.5, 0.6) is 11.5 Å². The standard InChI is InChI=1S/C25H33N3O4/c1-28(16-13-19-11-12-21(31-2)22(17-19)32-3)23(29)25(14-7-8-15-25)27-24(30)26-18-20-9-5-4-6-10-20/h4-6,9-12,17H,7-8,13-16,18H2,1-3H3,(H2,26,27,30). The zero-order valence-electron chi connectivity index (χ0n) is 19.1.